The first-order chi connectivity index (χ1) is 15.2. The van der Waals surface area contributed by atoms with Crippen molar-refractivity contribution >= 4 is 32.8 Å². The first-order valence-electron chi connectivity index (χ1n) is 10.9. The quantitative estimate of drug-likeness (QED) is 0.715. The van der Waals surface area contributed by atoms with Gasteiger partial charge in [0.2, 0.25) is 0 Å². The predicted molar refractivity (Wildman–Crippen MR) is 126 cm³/mol. The van der Waals surface area contributed by atoms with E-state index in [-0.39, 0.29) is 23.5 Å². The zero-order valence-electron chi connectivity index (χ0n) is 18.8. The fourth-order valence-electron chi connectivity index (χ4n) is 4.43. The number of hydrogen-bond acceptors (Lipinski definition) is 6. The number of carbonyl (C=O) groups is 1. The number of amides is 1. The summed E-state index contributed by atoms with van der Waals surface area (Å²) in [4.78, 5) is 17.4. The Balaban J connectivity index is 1.54. The van der Waals surface area contributed by atoms with E-state index in [4.69, 9.17) is 4.74 Å². The topological polar surface area (TPSA) is 79.0 Å². The van der Waals surface area contributed by atoms with E-state index in [0.717, 1.165) is 49.5 Å². The number of piperidine rings is 1. The van der Waals surface area contributed by atoms with Crippen molar-refractivity contribution in [2.45, 2.75) is 37.6 Å². The van der Waals surface area contributed by atoms with Gasteiger partial charge in [0, 0.05) is 37.6 Å². The second kappa shape index (κ2) is 9.11. The fourth-order valence-corrected chi connectivity index (χ4v) is 5.06. The number of ether oxygens (including phenoxy) is 1. The van der Waals surface area contributed by atoms with Crippen molar-refractivity contribution in [1.82, 2.24) is 4.90 Å². The normalized spacial score (nSPS) is 17.9. The largest absolute Gasteiger partial charge is 0.479 e. The number of para-hydroxylation sites is 1. The maximum Gasteiger partial charge on any atom is 0.265 e. The monoisotopic (exact) mass is 456 g/mol. The summed E-state index contributed by atoms with van der Waals surface area (Å²) in [6.07, 6.45) is 3.06. The van der Waals surface area contributed by atoms with Gasteiger partial charge < -0.3 is 19.9 Å². The van der Waals surface area contributed by atoms with Gasteiger partial charge >= 0.3 is 0 Å². The molecule has 1 N–H and O–H groups in total. The number of benzene rings is 2. The molecular formula is C24H30N3O4S. The van der Waals surface area contributed by atoms with Crippen molar-refractivity contribution in [3.05, 3.63) is 48.4 Å². The third-order valence-electron chi connectivity index (χ3n) is 5.89. The molecule has 4 rings (SSSR count). The van der Waals surface area contributed by atoms with Gasteiger partial charge in [0.1, 0.15) is 0 Å². The maximum absolute atomic E-state index is 12.8. The Bertz CT molecular complexity index is 1070. The standard InChI is InChI=1S/C24H30N3O4S/c1-17(2)15-26-13-11-19(12-14-26)27-22-6-4-5-21(24(22)31-16-23(27)28)25-18-7-9-20(10-8-18)32(3,29)30/h4-10,19,25H,11-16H2,1-3H3. The van der Waals surface area contributed by atoms with Crippen LogP contribution in [0.1, 0.15) is 26.7 Å². The molecule has 1 amide bonds. The van der Waals surface area contributed by atoms with E-state index in [9.17, 15) is 13.2 Å². The third kappa shape index (κ3) is 4.91. The lowest BCUT2D eigenvalue weighted by Crippen LogP contribution is -2.51. The van der Waals surface area contributed by atoms with Crippen LogP contribution in [0.15, 0.2) is 47.4 Å². The molecule has 1 fully saturated rings. The highest BCUT2D eigenvalue weighted by molar-refractivity contribution is 7.90. The zero-order chi connectivity index (χ0) is 22.9. The van der Waals surface area contributed by atoms with E-state index in [2.05, 4.69) is 24.1 Å². The van der Waals surface area contributed by atoms with Crippen molar-refractivity contribution in [2.75, 3.05) is 42.7 Å². The molecule has 1 radical (unpaired) electrons. The van der Waals surface area contributed by atoms with E-state index in [1.165, 1.54) is 12.2 Å². The fraction of sp³-hybridized carbons (Fsp3) is 0.417. The van der Waals surface area contributed by atoms with E-state index < -0.39 is 9.84 Å². The molecule has 2 aromatic rings. The SMILES string of the molecule is C[C](C)CN1CCC(N2C(=O)COc3c(Nc4ccc(S(C)(=O)=O)cc4)cccc32)CC1. The number of fused-ring (bicyclic) bond motifs is 1. The van der Waals surface area contributed by atoms with Gasteiger partial charge in [0.15, 0.2) is 22.2 Å². The molecule has 0 unspecified atom stereocenters. The summed E-state index contributed by atoms with van der Waals surface area (Å²) in [6.45, 7) is 7.27. The van der Waals surface area contributed by atoms with Gasteiger partial charge in [-0.2, -0.15) is 0 Å². The molecule has 2 aromatic carbocycles. The maximum atomic E-state index is 12.8. The van der Waals surface area contributed by atoms with Crippen molar-refractivity contribution in [1.29, 1.82) is 0 Å². The summed E-state index contributed by atoms with van der Waals surface area (Å²) < 4.78 is 29.3. The van der Waals surface area contributed by atoms with Gasteiger partial charge in [-0.1, -0.05) is 19.9 Å². The highest BCUT2D eigenvalue weighted by atomic mass is 32.2. The molecule has 32 heavy (non-hydrogen) atoms. The summed E-state index contributed by atoms with van der Waals surface area (Å²) in [5, 5.41) is 3.31. The Hall–Kier alpha value is -2.58. The smallest absolute Gasteiger partial charge is 0.265 e. The van der Waals surface area contributed by atoms with Crippen molar-refractivity contribution < 1.29 is 17.9 Å². The van der Waals surface area contributed by atoms with Crippen molar-refractivity contribution in [2.24, 2.45) is 0 Å². The molecule has 1 saturated heterocycles. The molecule has 171 valence electrons. The lowest BCUT2D eigenvalue weighted by atomic mass is 10.00. The summed E-state index contributed by atoms with van der Waals surface area (Å²) in [5.41, 5.74) is 2.29. The lowest BCUT2D eigenvalue weighted by Gasteiger charge is -2.41. The van der Waals surface area contributed by atoms with E-state index in [1.54, 1.807) is 24.3 Å². The molecule has 2 aliphatic heterocycles. The van der Waals surface area contributed by atoms with E-state index in [0.29, 0.717) is 5.75 Å². The highest BCUT2D eigenvalue weighted by Gasteiger charge is 2.34. The second-order valence-corrected chi connectivity index (χ2v) is 10.9. The van der Waals surface area contributed by atoms with Crippen LogP contribution in [0.25, 0.3) is 0 Å². The van der Waals surface area contributed by atoms with Gasteiger partial charge in [-0.15, -0.1) is 0 Å². The van der Waals surface area contributed by atoms with Crippen LogP contribution in [-0.4, -0.2) is 57.8 Å². The van der Waals surface area contributed by atoms with Crippen LogP contribution >= 0.6 is 0 Å². The Morgan fingerprint density at radius 1 is 1.09 bits per heavy atom. The molecule has 8 heteroatoms. The Labute approximate surface area is 190 Å². The number of rotatable bonds is 6. The average molecular weight is 457 g/mol. The summed E-state index contributed by atoms with van der Waals surface area (Å²) in [6, 6.07) is 12.5. The zero-order valence-corrected chi connectivity index (χ0v) is 19.6. The highest BCUT2D eigenvalue weighted by Crippen LogP contribution is 2.42. The van der Waals surface area contributed by atoms with Crippen LogP contribution in [0.5, 0.6) is 5.75 Å². The molecular weight excluding hydrogens is 426 g/mol. The Morgan fingerprint density at radius 3 is 2.41 bits per heavy atom. The average Bonchev–Trinajstić information content (AvgIpc) is 2.74. The molecule has 0 saturated carbocycles. The van der Waals surface area contributed by atoms with Crippen LogP contribution in [0.4, 0.5) is 17.1 Å². The van der Waals surface area contributed by atoms with Crippen LogP contribution in [-0.2, 0) is 14.6 Å². The van der Waals surface area contributed by atoms with Crippen molar-refractivity contribution in [3.63, 3.8) is 0 Å². The second-order valence-electron chi connectivity index (χ2n) is 8.84. The van der Waals surface area contributed by atoms with E-state index >= 15 is 0 Å². The molecule has 2 aliphatic rings. The number of nitrogens with one attached hydrogen (secondary N) is 1. The van der Waals surface area contributed by atoms with Crippen LogP contribution in [0.3, 0.4) is 0 Å². The molecule has 0 bridgehead atoms. The lowest BCUT2D eigenvalue weighted by molar-refractivity contribution is -0.122. The van der Waals surface area contributed by atoms with Crippen LogP contribution in [0, 0.1) is 5.92 Å². The molecule has 0 aromatic heterocycles. The Kier molecular flexibility index (Phi) is 6.44. The molecule has 7 nitrogen and oxygen atoms in total. The summed E-state index contributed by atoms with van der Waals surface area (Å²) >= 11 is 0. The summed E-state index contributed by atoms with van der Waals surface area (Å²) in [5.74, 6) is 2.04. The number of anilines is 3. The van der Waals surface area contributed by atoms with Gasteiger partial charge in [-0.3, -0.25) is 4.79 Å². The molecule has 0 atom stereocenters. The third-order valence-corrected chi connectivity index (χ3v) is 7.01. The van der Waals surface area contributed by atoms with Gasteiger partial charge in [0.25, 0.3) is 5.91 Å². The Morgan fingerprint density at radius 2 is 1.78 bits per heavy atom. The minimum Gasteiger partial charge on any atom is -0.479 e. The number of likely N-dealkylation sites (tertiary alicyclic amines) is 1. The number of carbonyl (C=O) groups excluding carboxylic acids is 1. The first kappa shape index (κ1) is 22.6. The number of nitrogens with zero attached hydrogens (tertiary/aromatic N) is 2. The molecule has 0 aliphatic carbocycles. The molecule has 0 spiro atoms. The van der Waals surface area contributed by atoms with E-state index in [1.807, 2.05) is 23.1 Å². The van der Waals surface area contributed by atoms with Crippen molar-refractivity contribution in [3.8, 4) is 5.75 Å². The summed E-state index contributed by atoms with van der Waals surface area (Å²) in [7, 11) is -3.24. The van der Waals surface area contributed by atoms with Crippen LogP contribution in [0.2, 0.25) is 0 Å². The first-order valence-corrected chi connectivity index (χ1v) is 12.8. The minimum absolute atomic E-state index is 0.0103. The number of hydrogen-bond donors (Lipinski definition) is 1. The predicted octanol–water partition coefficient (Wildman–Crippen LogP) is 3.64. The molecule has 2 heterocycles. The number of sulfone groups is 1. The van der Waals surface area contributed by atoms with Gasteiger partial charge in [0.05, 0.1) is 16.3 Å². The minimum atomic E-state index is -3.24. The van der Waals surface area contributed by atoms with Gasteiger partial charge in [-0.25, -0.2) is 8.42 Å². The van der Waals surface area contributed by atoms with Crippen LogP contribution < -0.4 is 15.0 Å². The van der Waals surface area contributed by atoms with Gasteiger partial charge in [-0.05, 0) is 55.2 Å².